The molecule has 0 aliphatic rings. The summed E-state index contributed by atoms with van der Waals surface area (Å²) >= 11 is 0. The number of benzene rings is 1. The molecule has 0 amide bonds. The molecule has 23 heavy (non-hydrogen) atoms. The first-order chi connectivity index (χ1) is 10.7. The number of aliphatic hydroxyl groups is 2. The van der Waals surface area contributed by atoms with E-state index in [0.29, 0.717) is 28.0 Å². The molecule has 1 unspecified atom stereocenters. The molecule has 0 saturated heterocycles. The molecule has 0 radical (unpaired) electrons. The largest absolute Gasteiger partial charge is 0.496 e. The fraction of sp³-hybridized carbons (Fsp3) is 0.471. The first-order valence-corrected chi connectivity index (χ1v) is 7.35. The molecule has 2 aromatic rings. The Labute approximate surface area is 134 Å². The van der Waals surface area contributed by atoms with Crippen molar-refractivity contribution in [3.05, 3.63) is 34.1 Å². The van der Waals surface area contributed by atoms with Gasteiger partial charge in [-0.2, -0.15) is 0 Å². The number of hydrogen-bond acceptors (Lipinski definition) is 5. The summed E-state index contributed by atoms with van der Waals surface area (Å²) in [5.41, 5.74) is -0.662. The Morgan fingerprint density at radius 3 is 2.43 bits per heavy atom. The highest BCUT2D eigenvalue weighted by molar-refractivity contribution is 5.91. The maximum absolute atomic E-state index is 12.7. The van der Waals surface area contributed by atoms with Crippen LogP contribution in [-0.4, -0.2) is 40.7 Å². The van der Waals surface area contributed by atoms with E-state index in [4.69, 9.17) is 9.47 Å². The number of nitrogens with zero attached hydrogens (tertiary/aromatic N) is 1. The van der Waals surface area contributed by atoms with E-state index >= 15 is 0 Å². The van der Waals surface area contributed by atoms with Crippen molar-refractivity contribution >= 4 is 10.9 Å². The third-order valence-corrected chi connectivity index (χ3v) is 4.05. The lowest BCUT2D eigenvalue weighted by Crippen LogP contribution is -2.39. The summed E-state index contributed by atoms with van der Waals surface area (Å²) in [6.45, 7) is 3.00. The highest BCUT2D eigenvalue weighted by Gasteiger charge is 2.28. The van der Waals surface area contributed by atoms with Gasteiger partial charge in [-0.05, 0) is 26.0 Å². The number of rotatable bonds is 5. The molecule has 0 bridgehead atoms. The minimum atomic E-state index is -1.32. The maximum Gasteiger partial charge on any atom is 0.257 e. The normalized spacial score (nSPS) is 13.2. The maximum atomic E-state index is 12.7. The van der Waals surface area contributed by atoms with Crippen LogP contribution in [-0.2, 0) is 13.5 Å². The summed E-state index contributed by atoms with van der Waals surface area (Å²) in [7, 11) is 4.66. The van der Waals surface area contributed by atoms with Gasteiger partial charge in [0.1, 0.15) is 11.5 Å². The van der Waals surface area contributed by atoms with Crippen molar-refractivity contribution in [1.29, 1.82) is 0 Å². The Balaban J connectivity index is 2.77. The molecule has 1 heterocycles. The molecule has 1 aromatic heterocycles. The van der Waals surface area contributed by atoms with Crippen molar-refractivity contribution in [2.45, 2.75) is 32.0 Å². The summed E-state index contributed by atoms with van der Waals surface area (Å²) < 4.78 is 12.3. The van der Waals surface area contributed by atoms with E-state index in [2.05, 4.69) is 0 Å². The smallest absolute Gasteiger partial charge is 0.257 e. The number of aromatic nitrogens is 1. The van der Waals surface area contributed by atoms with Crippen LogP contribution in [0, 0.1) is 0 Å². The molecular formula is C17H23NO5. The van der Waals surface area contributed by atoms with Crippen LogP contribution < -0.4 is 15.0 Å². The van der Waals surface area contributed by atoms with E-state index in [-0.39, 0.29) is 12.0 Å². The topological polar surface area (TPSA) is 80.9 Å². The Hall–Kier alpha value is -2.05. The zero-order valence-electron chi connectivity index (χ0n) is 14.1. The second-order valence-electron chi connectivity index (χ2n) is 6.11. The van der Waals surface area contributed by atoms with Gasteiger partial charge in [0.05, 0.1) is 37.0 Å². The zero-order chi connectivity index (χ0) is 17.4. The number of aryl methyl sites for hydroxylation is 1. The van der Waals surface area contributed by atoms with E-state index in [0.717, 1.165) is 0 Å². The summed E-state index contributed by atoms with van der Waals surface area (Å²) in [6.07, 6.45) is -1.10. The van der Waals surface area contributed by atoms with Crippen molar-refractivity contribution in [2.24, 2.45) is 7.05 Å². The number of aliphatic hydroxyl groups excluding tert-OH is 1. The molecule has 0 aliphatic heterocycles. The lowest BCUT2D eigenvalue weighted by molar-refractivity contribution is -0.0472. The van der Waals surface area contributed by atoms with Gasteiger partial charge in [-0.25, -0.2) is 0 Å². The van der Waals surface area contributed by atoms with Gasteiger partial charge in [0.2, 0.25) is 0 Å². The molecule has 6 nitrogen and oxygen atoms in total. The van der Waals surface area contributed by atoms with E-state index in [9.17, 15) is 15.0 Å². The molecule has 126 valence electrons. The van der Waals surface area contributed by atoms with E-state index < -0.39 is 11.7 Å². The van der Waals surface area contributed by atoms with Crippen LogP contribution in [0.25, 0.3) is 10.9 Å². The molecule has 0 fully saturated rings. The van der Waals surface area contributed by atoms with Gasteiger partial charge < -0.3 is 24.3 Å². The number of fused-ring (bicyclic) bond motifs is 1. The lowest BCUT2D eigenvalue weighted by atomic mass is 9.94. The standard InChI is InChI=1S/C17H23NO5/c1-17(2,21)13(19)9-11-15(23-5)10-7-6-8-12(22-4)14(10)18(3)16(11)20/h6-8,13,19,21H,9H2,1-5H3. The van der Waals surface area contributed by atoms with E-state index in [1.807, 2.05) is 12.1 Å². The predicted molar refractivity (Wildman–Crippen MR) is 88.3 cm³/mol. The molecule has 1 atom stereocenters. The predicted octanol–water partition coefficient (Wildman–Crippen LogP) is 1.23. The first-order valence-electron chi connectivity index (χ1n) is 7.35. The molecule has 2 N–H and O–H groups in total. The monoisotopic (exact) mass is 321 g/mol. The number of ether oxygens (including phenoxy) is 2. The minimum absolute atomic E-state index is 0.00744. The minimum Gasteiger partial charge on any atom is -0.496 e. The molecule has 0 spiro atoms. The van der Waals surface area contributed by atoms with Crippen LogP contribution in [0.3, 0.4) is 0 Å². The van der Waals surface area contributed by atoms with E-state index in [1.165, 1.54) is 32.6 Å². The highest BCUT2D eigenvalue weighted by atomic mass is 16.5. The summed E-state index contributed by atoms with van der Waals surface area (Å²) in [5, 5.41) is 20.8. The lowest BCUT2D eigenvalue weighted by Gasteiger charge is -2.25. The van der Waals surface area contributed by atoms with Gasteiger partial charge in [0, 0.05) is 18.9 Å². The van der Waals surface area contributed by atoms with Crippen LogP contribution in [0.1, 0.15) is 19.4 Å². The van der Waals surface area contributed by atoms with Crippen molar-refractivity contribution in [3.8, 4) is 11.5 Å². The molecular weight excluding hydrogens is 298 g/mol. The number of para-hydroxylation sites is 1. The summed E-state index contributed by atoms with van der Waals surface area (Å²) in [5.74, 6) is 0.959. The number of methoxy groups -OCH3 is 2. The van der Waals surface area contributed by atoms with Gasteiger partial charge in [-0.1, -0.05) is 6.07 Å². The van der Waals surface area contributed by atoms with Gasteiger partial charge in [-0.3, -0.25) is 4.79 Å². The Morgan fingerprint density at radius 2 is 1.91 bits per heavy atom. The van der Waals surface area contributed by atoms with Gasteiger partial charge in [-0.15, -0.1) is 0 Å². The fourth-order valence-electron chi connectivity index (χ4n) is 2.64. The third kappa shape index (κ3) is 3.04. The third-order valence-electron chi connectivity index (χ3n) is 4.05. The van der Waals surface area contributed by atoms with Gasteiger partial charge >= 0.3 is 0 Å². The van der Waals surface area contributed by atoms with Crippen LogP contribution in [0.2, 0.25) is 0 Å². The second kappa shape index (κ2) is 6.22. The number of pyridine rings is 1. The molecule has 0 aliphatic carbocycles. The van der Waals surface area contributed by atoms with Crippen LogP contribution >= 0.6 is 0 Å². The van der Waals surface area contributed by atoms with Crippen molar-refractivity contribution in [2.75, 3.05) is 14.2 Å². The zero-order valence-corrected chi connectivity index (χ0v) is 14.1. The highest BCUT2D eigenvalue weighted by Crippen LogP contribution is 2.33. The van der Waals surface area contributed by atoms with Gasteiger partial charge in [0.15, 0.2) is 0 Å². The summed E-state index contributed by atoms with van der Waals surface area (Å²) in [4.78, 5) is 12.7. The van der Waals surface area contributed by atoms with Gasteiger partial charge in [0.25, 0.3) is 5.56 Å². The van der Waals surface area contributed by atoms with Crippen molar-refractivity contribution in [1.82, 2.24) is 4.57 Å². The Morgan fingerprint density at radius 1 is 1.26 bits per heavy atom. The fourth-order valence-corrected chi connectivity index (χ4v) is 2.64. The van der Waals surface area contributed by atoms with Crippen LogP contribution in [0.4, 0.5) is 0 Å². The number of hydrogen-bond donors (Lipinski definition) is 2. The second-order valence-corrected chi connectivity index (χ2v) is 6.11. The summed E-state index contributed by atoms with van der Waals surface area (Å²) in [6, 6.07) is 5.41. The van der Waals surface area contributed by atoms with Crippen LogP contribution in [0.15, 0.2) is 23.0 Å². The van der Waals surface area contributed by atoms with Crippen molar-refractivity contribution in [3.63, 3.8) is 0 Å². The SMILES string of the molecule is COc1c(CC(O)C(C)(C)O)c(=O)n(C)c2c(OC)cccc12. The quantitative estimate of drug-likeness (QED) is 0.866. The average Bonchev–Trinajstić information content (AvgIpc) is 2.50. The molecule has 0 saturated carbocycles. The van der Waals surface area contributed by atoms with Crippen LogP contribution in [0.5, 0.6) is 11.5 Å². The Bertz CT molecular complexity index is 773. The molecule has 1 aromatic carbocycles. The van der Waals surface area contributed by atoms with E-state index in [1.54, 1.807) is 13.1 Å². The molecule has 2 rings (SSSR count). The van der Waals surface area contributed by atoms with Crippen molar-refractivity contribution < 1.29 is 19.7 Å². The first kappa shape index (κ1) is 17.3. The molecule has 6 heteroatoms. The average molecular weight is 321 g/mol. The Kier molecular flexibility index (Phi) is 4.68.